The second-order valence-corrected chi connectivity index (χ2v) is 6.13. The van der Waals surface area contributed by atoms with Gasteiger partial charge in [-0.2, -0.15) is 0 Å². The molecule has 0 atom stereocenters. The molecule has 0 aliphatic heterocycles. The summed E-state index contributed by atoms with van der Waals surface area (Å²) in [7, 11) is 0. The van der Waals surface area contributed by atoms with Gasteiger partial charge >= 0.3 is 0 Å². The predicted molar refractivity (Wildman–Crippen MR) is 101 cm³/mol. The Hall–Kier alpha value is -3.74. The van der Waals surface area contributed by atoms with Gasteiger partial charge in [-0.25, -0.2) is 4.98 Å². The molecule has 2 N–H and O–H groups in total. The minimum atomic E-state index is 0.269. The summed E-state index contributed by atoms with van der Waals surface area (Å²) in [5.41, 5.74) is 9.38. The van der Waals surface area contributed by atoms with Crippen LogP contribution in [0.3, 0.4) is 0 Å². The van der Waals surface area contributed by atoms with Gasteiger partial charge in [-0.15, -0.1) is 10.2 Å². The van der Waals surface area contributed by atoms with E-state index >= 15 is 0 Å². The van der Waals surface area contributed by atoms with E-state index in [1.807, 2.05) is 38.1 Å². The van der Waals surface area contributed by atoms with E-state index in [0.29, 0.717) is 17.2 Å². The first-order valence-electron chi connectivity index (χ1n) is 8.35. The normalized spacial score (nSPS) is 10.7. The molecule has 3 aromatic heterocycles. The lowest BCUT2D eigenvalue weighted by Gasteiger charge is -2.10. The Balaban J connectivity index is 1.67. The molecule has 0 unspecified atom stereocenters. The van der Waals surface area contributed by atoms with Crippen LogP contribution < -0.4 is 10.5 Å². The van der Waals surface area contributed by atoms with Crippen molar-refractivity contribution in [3.63, 3.8) is 0 Å². The van der Waals surface area contributed by atoms with E-state index in [1.165, 1.54) is 0 Å². The molecule has 7 nitrogen and oxygen atoms in total. The predicted octanol–water partition coefficient (Wildman–Crippen LogP) is 4.18. The maximum atomic E-state index is 6.01. The van der Waals surface area contributed by atoms with Crippen molar-refractivity contribution in [2.75, 3.05) is 5.73 Å². The van der Waals surface area contributed by atoms with Crippen LogP contribution >= 0.6 is 0 Å². The van der Waals surface area contributed by atoms with Gasteiger partial charge in [0.1, 0.15) is 17.3 Å². The van der Waals surface area contributed by atoms with Crippen molar-refractivity contribution in [3.05, 3.63) is 66.1 Å². The number of hydrogen-bond donors (Lipinski definition) is 1. The summed E-state index contributed by atoms with van der Waals surface area (Å²) in [6.45, 7) is 4.00. The quantitative estimate of drug-likeness (QED) is 0.583. The molecule has 4 aromatic rings. The average Bonchev–Trinajstić information content (AvgIpc) is 3.17. The maximum Gasteiger partial charge on any atom is 0.252 e. The molecule has 0 fully saturated rings. The number of ether oxygens (including phenoxy) is 1. The molecule has 27 heavy (non-hydrogen) atoms. The third kappa shape index (κ3) is 3.48. The van der Waals surface area contributed by atoms with E-state index in [2.05, 4.69) is 20.2 Å². The first-order chi connectivity index (χ1) is 13.1. The molecule has 0 radical (unpaired) electrons. The lowest BCUT2D eigenvalue weighted by molar-refractivity contribution is 0.476. The van der Waals surface area contributed by atoms with Gasteiger partial charge < -0.3 is 14.9 Å². The molecule has 0 saturated carbocycles. The maximum absolute atomic E-state index is 6.01. The lowest BCUT2D eigenvalue weighted by atomic mass is 10.1. The Bertz CT molecular complexity index is 1090. The van der Waals surface area contributed by atoms with E-state index in [0.717, 1.165) is 22.4 Å². The summed E-state index contributed by atoms with van der Waals surface area (Å²) >= 11 is 0. The zero-order chi connectivity index (χ0) is 18.8. The first-order valence-corrected chi connectivity index (χ1v) is 8.35. The molecule has 4 rings (SSSR count). The van der Waals surface area contributed by atoms with Crippen LogP contribution in [-0.2, 0) is 0 Å². The van der Waals surface area contributed by atoms with Crippen LogP contribution in [0.2, 0.25) is 0 Å². The fraction of sp³-hybridized carbons (Fsp3) is 0.100. The summed E-state index contributed by atoms with van der Waals surface area (Å²) in [5.74, 6) is 2.21. The van der Waals surface area contributed by atoms with Crippen molar-refractivity contribution in [2.24, 2.45) is 0 Å². The number of aromatic nitrogens is 4. The second-order valence-electron chi connectivity index (χ2n) is 6.13. The first kappa shape index (κ1) is 16.7. The monoisotopic (exact) mass is 359 g/mol. The van der Waals surface area contributed by atoms with Crippen molar-refractivity contribution in [1.82, 2.24) is 20.2 Å². The molecule has 0 aliphatic rings. The minimum absolute atomic E-state index is 0.269. The Kier molecular flexibility index (Phi) is 4.25. The van der Waals surface area contributed by atoms with Gasteiger partial charge in [-0.1, -0.05) is 12.1 Å². The molecule has 0 bridgehead atoms. The molecular formula is C20H17N5O2. The molecule has 0 amide bonds. The van der Waals surface area contributed by atoms with Gasteiger partial charge in [-0.05, 0) is 49.2 Å². The summed E-state index contributed by atoms with van der Waals surface area (Å²) in [6.07, 6.45) is 4.90. The summed E-state index contributed by atoms with van der Waals surface area (Å²) in [6, 6.07) is 11.4. The van der Waals surface area contributed by atoms with Crippen molar-refractivity contribution < 1.29 is 9.15 Å². The molecule has 7 heteroatoms. The third-order valence-corrected chi connectivity index (χ3v) is 4.03. The highest BCUT2D eigenvalue weighted by atomic mass is 16.5. The molecule has 1 aromatic carbocycles. The average molecular weight is 359 g/mol. The van der Waals surface area contributed by atoms with Gasteiger partial charge in [0.05, 0.1) is 17.3 Å². The van der Waals surface area contributed by atoms with E-state index in [9.17, 15) is 0 Å². The molecule has 0 spiro atoms. The van der Waals surface area contributed by atoms with E-state index in [1.54, 1.807) is 30.7 Å². The second kappa shape index (κ2) is 6.87. The van der Waals surface area contributed by atoms with E-state index < -0.39 is 0 Å². The van der Waals surface area contributed by atoms with E-state index in [4.69, 9.17) is 14.9 Å². The largest absolute Gasteiger partial charge is 0.455 e. The number of pyridine rings is 2. The highest BCUT2D eigenvalue weighted by Crippen LogP contribution is 2.32. The van der Waals surface area contributed by atoms with Gasteiger partial charge in [0.25, 0.3) is 5.89 Å². The smallest absolute Gasteiger partial charge is 0.252 e. The van der Waals surface area contributed by atoms with Gasteiger partial charge in [0, 0.05) is 12.4 Å². The SMILES string of the molecule is Cc1ccc(C)c(Oc2cnc(N)c(-c3nnc(-c4cccnc4)o3)c2)c1. The highest BCUT2D eigenvalue weighted by Gasteiger charge is 2.15. The van der Waals surface area contributed by atoms with Crippen LogP contribution in [0.15, 0.2) is 59.4 Å². The fourth-order valence-corrected chi connectivity index (χ4v) is 2.57. The number of aryl methyl sites for hydroxylation is 2. The molecule has 3 heterocycles. The van der Waals surface area contributed by atoms with E-state index in [-0.39, 0.29) is 11.7 Å². The Labute approximate surface area is 155 Å². The van der Waals surface area contributed by atoms with Crippen LogP contribution in [0.1, 0.15) is 11.1 Å². The highest BCUT2D eigenvalue weighted by molar-refractivity contribution is 5.69. The Morgan fingerprint density at radius 1 is 1.00 bits per heavy atom. The van der Waals surface area contributed by atoms with Gasteiger partial charge in [0.2, 0.25) is 5.89 Å². The molecule has 0 aliphatic carbocycles. The van der Waals surface area contributed by atoms with Crippen LogP contribution in [0, 0.1) is 13.8 Å². The standard InChI is InChI=1S/C20H17N5O2/c1-12-5-6-13(2)17(8-12)26-15-9-16(18(21)23-11-15)20-25-24-19(27-20)14-4-3-7-22-10-14/h3-11H,1-2H3,(H2,21,23). The Morgan fingerprint density at radius 2 is 1.85 bits per heavy atom. The van der Waals surface area contributed by atoms with Crippen molar-refractivity contribution in [2.45, 2.75) is 13.8 Å². The minimum Gasteiger partial charge on any atom is -0.455 e. The number of nitrogens with two attached hydrogens (primary N) is 1. The fourth-order valence-electron chi connectivity index (χ4n) is 2.57. The summed E-state index contributed by atoms with van der Waals surface area (Å²) in [4.78, 5) is 8.25. The number of nitrogens with zero attached hydrogens (tertiary/aromatic N) is 4. The van der Waals surface area contributed by atoms with Crippen molar-refractivity contribution >= 4 is 5.82 Å². The summed E-state index contributed by atoms with van der Waals surface area (Å²) in [5, 5.41) is 8.15. The molecular weight excluding hydrogens is 342 g/mol. The van der Waals surface area contributed by atoms with Crippen LogP contribution in [-0.4, -0.2) is 20.2 Å². The van der Waals surface area contributed by atoms with Crippen molar-refractivity contribution in [3.8, 4) is 34.4 Å². The number of benzene rings is 1. The van der Waals surface area contributed by atoms with Crippen LogP contribution in [0.25, 0.3) is 22.9 Å². The van der Waals surface area contributed by atoms with Crippen molar-refractivity contribution in [1.29, 1.82) is 0 Å². The number of anilines is 1. The van der Waals surface area contributed by atoms with Gasteiger partial charge in [0.15, 0.2) is 0 Å². The molecule has 134 valence electrons. The Morgan fingerprint density at radius 3 is 2.67 bits per heavy atom. The number of nitrogen functional groups attached to an aromatic ring is 1. The zero-order valence-corrected chi connectivity index (χ0v) is 14.9. The topological polar surface area (TPSA) is 100.0 Å². The zero-order valence-electron chi connectivity index (χ0n) is 14.9. The molecule has 0 saturated heterocycles. The van der Waals surface area contributed by atoms with Crippen LogP contribution in [0.5, 0.6) is 11.5 Å². The van der Waals surface area contributed by atoms with Crippen LogP contribution in [0.4, 0.5) is 5.82 Å². The number of hydrogen-bond acceptors (Lipinski definition) is 7. The number of rotatable bonds is 4. The lowest BCUT2D eigenvalue weighted by Crippen LogP contribution is -1.96. The van der Waals surface area contributed by atoms with Gasteiger partial charge in [-0.3, -0.25) is 4.98 Å². The third-order valence-electron chi connectivity index (χ3n) is 4.03. The summed E-state index contributed by atoms with van der Waals surface area (Å²) < 4.78 is 11.7.